The predicted octanol–water partition coefficient (Wildman–Crippen LogP) is 2.53. The highest BCUT2D eigenvalue weighted by molar-refractivity contribution is 5.91. The van der Waals surface area contributed by atoms with Crippen LogP contribution in [0, 0.1) is 5.92 Å². The first kappa shape index (κ1) is 11.1. The van der Waals surface area contributed by atoms with Gasteiger partial charge in [-0.15, -0.1) is 0 Å². The molecule has 0 radical (unpaired) electrons. The van der Waals surface area contributed by atoms with E-state index in [9.17, 15) is 4.79 Å². The second kappa shape index (κ2) is 3.73. The number of piperidine rings is 1. The fraction of sp³-hybridized carbons (Fsp3) is 0.471. The Bertz CT molecular complexity index is 730. The molecule has 0 N–H and O–H groups in total. The van der Waals surface area contributed by atoms with Crippen LogP contribution in [0.25, 0.3) is 10.9 Å². The van der Waals surface area contributed by atoms with Gasteiger partial charge in [-0.05, 0) is 37.4 Å². The zero-order valence-electron chi connectivity index (χ0n) is 11.5. The summed E-state index contributed by atoms with van der Waals surface area (Å²) in [4.78, 5) is 15.1. The van der Waals surface area contributed by atoms with Gasteiger partial charge in [-0.25, -0.2) is 0 Å². The van der Waals surface area contributed by atoms with Crippen molar-refractivity contribution in [2.45, 2.75) is 31.8 Å². The Balaban J connectivity index is 1.86. The van der Waals surface area contributed by atoms with Crippen molar-refractivity contribution in [2.24, 2.45) is 5.92 Å². The Morgan fingerprint density at radius 1 is 1.15 bits per heavy atom. The van der Waals surface area contributed by atoms with E-state index in [1.165, 1.54) is 28.6 Å². The maximum absolute atomic E-state index is 12.6. The van der Waals surface area contributed by atoms with Gasteiger partial charge in [0.05, 0.1) is 12.6 Å². The van der Waals surface area contributed by atoms with E-state index in [-0.39, 0.29) is 5.92 Å². The average molecular weight is 266 g/mol. The quantitative estimate of drug-likeness (QED) is 0.732. The zero-order chi connectivity index (χ0) is 13.3. The van der Waals surface area contributed by atoms with E-state index in [0.29, 0.717) is 18.4 Å². The summed E-state index contributed by atoms with van der Waals surface area (Å²) in [6, 6.07) is 8.98. The minimum atomic E-state index is 0.250. The number of para-hydroxylation sites is 1. The number of benzene rings is 1. The predicted molar refractivity (Wildman–Crippen MR) is 77.7 cm³/mol. The molecule has 2 atom stereocenters. The minimum absolute atomic E-state index is 0.250. The van der Waals surface area contributed by atoms with Crippen molar-refractivity contribution < 1.29 is 4.79 Å². The molecule has 3 aliphatic heterocycles. The van der Waals surface area contributed by atoms with Crippen LogP contribution in [0.3, 0.4) is 0 Å². The largest absolute Gasteiger partial charge is 0.335 e. The molecule has 0 unspecified atom stereocenters. The van der Waals surface area contributed by atoms with Gasteiger partial charge in [-0.1, -0.05) is 18.2 Å². The molecule has 0 saturated carbocycles. The van der Waals surface area contributed by atoms with Crippen LogP contribution < -0.4 is 0 Å². The number of carbonyl (C=O) groups excluding carboxylic acids is 1. The van der Waals surface area contributed by atoms with E-state index in [2.05, 4.69) is 33.7 Å². The molecule has 2 aromatic rings. The third-order valence-corrected chi connectivity index (χ3v) is 5.51. The first-order chi connectivity index (χ1) is 9.84. The van der Waals surface area contributed by atoms with Crippen LogP contribution in [0.4, 0.5) is 0 Å². The van der Waals surface area contributed by atoms with Crippen LogP contribution >= 0.6 is 0 Å². The maximum atomic E-state index is 12.6. The molecular formula is C17H18N2O. The van der Waals surface area contributed by atoms with Crippen molar-refractivity contribution in [2.75, 3.05) is 13.1 Å². The second-order valence-electron chi connectivity index (χ2n) is 6.41. The molecule has 0 aliphatic carbocycles. The summed E-state index contributed by atoms with van der Waals surface area (Å²) < 4.78 is 2.31. The minimum Gasteiger partial charge on any atom is -0.335 e. The lowest BCUT2D eigenvalue weighted by Gasteiger charge is -2.46. The fourth-order valence-corrected chi connectivity index (χ4v) is 4.71. The van der Waals surface area contributed by atoms with Crippen molar-refractivity contribution >= 4 is 16.7 Å². The summed E-state index contributed by atoms with van der Waals surface area (Å²) in [5.74, 6) is 0.695. The lowest BCUT2D eigenvalue weighted by molar-refractivity contribution is -0.129. The topological polar surface area (TPSA) is 25.2 Å². The highest BCUT2D eigenvalue weighted by Crippen LogP contribution is 2.47. The first-order valence-electron chi connectivity index (χ1n) is 7.71. The summed E-state index contributed by atoms with van der Waals surface area (Å²) in [7, 11) is 0. The summed E-state index contributed by atoms with van der Waals surface area (Å²) in [6.45, 7) is 2.87. The van der Waals surface area contributed by atoms with Crippen molar-refractivity contribution in [3.63, 3.8) is 0 Å². The number of hydrogen-bond donors (Lipinski definition) is 0. The molecule has 1 saturated heterocycles. The summed E-state index contributed by atoms with van der Waals surface area (Å²) in [5, 5.41) is 1.38. The van der Waals surface area contributed by atoms with Crippen LogP contribution in [0.15, 0.2) is 24.3 Å². The highest BCUT2D eigenvalue weighted by Gasteiger charge is 2.45. The normalized spacial score (nSPS) is 28.7. The summed E-state index contributed by atoms with van der Waals surface area (Å²) in [5.41, 5.74) is 4.24. The van der Waals surface area contributed by atoms with Gasteiger partial charge in [-0.3, -0.25) is 9.69 Å². The van der Waals surface area contributed by atoms with Gasteiger partial charge in [0.25, 0.3) is 0 Å². The van der Waals surface area contributed by atoms with Crippen LogP contribution in [0.5, 0.6) is 0 Å². The van der Waals surface area contributed by atoms with Crippen molar-refractivity contribution in [3.8, 4) is 0 Å². The van der Waals surface area contributed by atoms with Crippen LogP contribution in [0.1, 0.15) is 30.1 Å². The van der Waals surface area contributed by atoms with E-state index >= 15 is 0 Å². The third kappa shape index (κ3) is 1.22. The Kier molecular flexibility index (Phi) is 2.07. The van der Waals surface area contributed by atoms with Gasteiger partial charge in [0.2, 0.25) is 0 Å². The van der Waals surface area contributed by atoms with Gasteiger partial charge >= 0.3 is 0 Å². The van der Waals surface area contributed by atoms with E-state index in [1.54, 1.807) is 0 Å². The highest BCUT2D eigenvalue weighted by atomic mass is 16.1. The molecule has 0 spiro atoms. The van der Waals surface area contributed by atoms with Gasteiger partial charge in [-0.2, -0.15) is 0 Å². The molecule has 20 heavy (non-hydrogen) atoms. The summed E-state index contributed by atoms with van der Waals surface area (Å²) in [6.07, 6.45) is 3.41. The molecule has 3 nitrogen and oxygen atoms in total. The number of nitrogens with zero attached hydrogens (tertiary/aromatic N) is 2. The maximum Gasteiger partial charge on any atom is 0.157 e. The fourth-order valence-electron chi connectivity index (χ4n) is 4.71. The molecule has 1 aromatic heterocycles. The number of fused-ring (bicyclic) bond motifs is 3. The standard InChI is InChI=1S/C17H18N2O/c20-15-10-19-14-6-2-1-4-11(14)12-7-9-18-8-3-5-13(15)16(18)17(12)19/h1-2,4,6,13,16H,3,5,7-10H2/t13-,16-/m1/s1. The van der Waals surface area contributed by atoms with Gasteiger partial charge < -0.3 is 4.57 Å². The molecule has 3 aliphatic rings. The van der Waals surface area contributed by atoms with Crippen LogP contribution in [0.2, 0.25) is 0 Å². The zero-order valence-corrected chi connectivity index (χ0v) is 11.5. The average Bonchev–Trinajstić information content (AvgIpc) is 2.82. The molecule has 0 bridgehead atoms. The molecular weight excluding hydrogens is 248 g/mol. The Morgan fingerprint density at radius 3 is 3.00 bits per heavy atom. The molecule has 0 amide bonds. The van der Waals surface area contributed by atoms with E-state index < -0.39 is 0 Å². The number of carbonyl (C=O) groups is 1. The van der Waals surface area contributed by atoms with Gasteiger partial charge in [0.15, 0.2) is 5.78 Å². The second-order valence-corrected chi connectivity index (χ2v) is 6.41. The molecule has 5 rings (SSSR count). The molecule has 1 fully saturated rings. The van der Waals surface area contributed by atoms with Crippen molar-refractivity contribution in [1.29, 1.82) is 0 Å². The van der Waals surface area contributed by atoms with Crippen molar-refractivity contribution in [1.82, 2.24) is 9.47 Å². The van der Waals surface area contributed by atoms with Crippen molar-refractivity contribution in [3.05, 3.63) is 35.5 Å². The Labute approximate surface area is 118 Å². The third-order valence-electron chi connectivity index (χ3n) is 5.51. The molecule has 102 valence electrons. The monoisotopic (exact) mass is 266 g/mol. The van der Waals surface area contributed by atoms with E-state index in [4.69, 9.17) is 0 Å². The van der Waals surface area contributed by atoms with Gasteiger partial charge in [0.1, 0.15) is 0 Å². The number of Topliss-reactive ketones (excluding diaryl/α,β-unsaturated/α-hetero) is 1. The Hall–Kier alpha value is -1.61. The SMILES string of the molecule is O=C1Cn2c3c(c4ccccc42)CCN2CCC[C@H]1[C@H]32. The number of hydrogen-bond acceptors (Lipinski definition) is 2. The molecule has 4 heterocycles. The lowest BCUT2D eigenvalue weighted by Crippen LogP contribution is -2.49. The first-order valence-corrected chi connectivity index (χ1v) is 7.71. The van der Waals surface area contributed by atoms with E-state index in [0.717, 1.165) is 25.9 Å². The molecule has 1 aromatic carbocycles. The number of aromatic nitrogens is 1. The van der Waals surface area contributed by atoms with Gasteiger partial charge in [0, 0.05) is 29.1 Å². The smallest absolute Gasteiger partial charge is 0.157 e. The number of ketones is 1. The summed E-state index contributed by atoms with van der Waals surface area (Å²) >= 11 is 0. The number of rotatable bonds is 0. The van der Waals surface area contributed by atoms with E-state index in [1.807, 2.05) is 0 Å². The van der Waals surface area contributed by atoms with Crippen LogP contribution in [-0.2, 0) is 17.8 Å². The molecule has 3 heteroatoms. The lowest BCUT2D eigenvalue weighted by atomic mass is 9.78. The Morgan fingerprint density at radius 2 is 2.05 bits per heavy atom. The van der Waals surface area contributed by atoms with Crippen LogP contribution in [-0.4, -0.2) is 28.3 Å².